The highest BCUT2D eigenvalue weighted by molar-refractivity contribution is 5.21. The molecule has 0 aliphatic rings. The second-order valence-corrected chi connectivity index (χ2v) is 15.5. The summed E-state index contributed by atoms with van der Waals surface area (Å²) in [6, 6.07) is 10.1. The average molecular weight is 714 g/mol. The van der Waals surface area contributed by atoms with Crippen LogP contribution in [0.25, 0.3) is 0 Å². The van der Waals surface area contributed by atoms with Crippen molar-refractivity contribution in [1.29, 1.82) is 0 Å². The Labute approximate surface area is 316 Å². The van der Waals surface area contributed by atoms with Gasteiger partial charge in [-0.2, -0.15) is 0 Å². The van der Waals surface area contributed by atoms with E-state index in [1.807, 2.05) is 0 Å². The van der Waals surface area contributed by atoms with Crippen LogP contribution in [-0.4, -0.2) is 48.2 Å². The lowest BCUT2D eigenvalue weighted by Crippen LogP contribution is -3.00. The van der Waals surface area contributed by atoms with Gasteiger partial charge in [-0.1, -0.05) is 169 Å². The molecule has 0 aliphatic carbocycles. The molecule has 1 aromatic rings. The maximum absolute atomic E-state index is 2.51. The summed E-state index contributed by atoms with van der Waals surface area (Å²) in [5.41, 5.74) is 3.13. The third kappa shape index (κ3) is 24.0. The summed E-state index contributed by atoms with van der Waals surface area (Å²) in [4.78, 5) is 0. The smallest absolute Gasteiger partial charge is 0.104 e. The van der Waals surface area contributed by atoms with Gasteiger partial charge in [0.05, 0.1) is 39.3 Å². The van der Waals surface area contributed by atoms with Crippen LogP contribution in [0.4, 0.5) is 0 Å². The Hall–Kier alpha value is -0.280. The lowest BCUT2D eigenvalue weighted by Gasteiger charge is -2.40. The van der Waals surface area contributed by atoms with Crippen molar-refractivity contribution >= 4 is 0 Å². The summed E-state index contributed by atoms with van der Waals surface area (Å²) in [7, 11) is 0. The van der Waals surface area contributed by atoms with Gasteiger partial charge in [-0.25, -0.2) is 0 Å². The molecule has 0 aromatic heterocycles. The maximum Gasteiger partial charge on any atom is 0.104 e. The van der Waals surface area contributed by atoms with Gasteiger partial charge in [0.25, 0.3) is 0 Å². The van der Waals surface area contributed by atoms with E-state index in [1.54, 1.807) is 11.1 Å². The quantitative estimate of drug-likeness (QED) is 0.0505. The molecule has 1 aromatic carbocycles. The van der Waals surface area contributed by atoms with Crippen molar-refractivity contribution in [2.45, 2.75) is 209 Å². The monoisotopic (exact) mass is 713 g/mol. The second-order valence-electron chi connectivity index (χ2n) is 15.5. The number of rotatable bonds is 34. The first kappa shape index (κ1) is 49.8. The molecule has 0 amide bonds. The van der Waals surface area contributed by atoms with Crippen molar-refractivity contribution in [3.63, 3.8) is 0 Å². The molecule has 48 heavy (non-hydrogen) atoms. The van der Waals surface area contributed by atoms with Crippen molar-refractivity contribution in [3.8, 4) is 0 Å². The van der Waals surface area contributed by atoms with Gasteiger partial charge in [0.1, 0.15) is 13.1 Å². The average Bonchev–Trinajstić information content (AvgIpc) is 3.04. The van der Waals surface area contributed by atoms with Crippen LogP contribution in [0.2, 0.25) is 0 Å². The van der Waals surface area contributed by atoms with E-state index in [1.165, 1.54) is 215 Å². The van der Waals surface area contributed by atoms with Crippen molar-refractivity contribution in [1.82, 2.24) is 0 Å². The lowest BCUT2D eigenvalue weighted by atomic mass is 10.0. The highest BCUT2D eigenvalue weighted by Crippen LogP contribution is 2.23. The standard InChI is InChI=1S/C44H86N2.2ClH/c1-7-13-15-17-19-21-23-25-27-29-39-45(35-9-3,36-10-4)41-43-31-33-44(34-32-43)42-46(37-11-5,38-12-6)40-30-28-26-24-22-20-18-16-14-8-2;;/h31-34H,7-30,35-42H2,1-6H3;2*1H/q+2;;/p-2. The molecule has 2 nitrogen and oxygen atoms in total. The van der Waals surface area contributed by atoms with Gasteiger partial charge in [0, 0.05) is 11.1 Å². The van der Waals surface area contributed by atoms with Crippen LogP contribution in [0.15, 0.2) is 24.3 Å². The zero-order chi connectivity index (χ0) is 33.6. The predicted molar refractivity (Wildman–Crippen MR) is 208 cm³/mol. The fraction of sp³-hybridized carbons (Fsp3) is 0.864. The van der Waals surface area contributed by atoms with E-state index in [4.69, 9.17) is 0 Å². The maximum atomic E-state index is 2.51. The third-order valence-corrected chi connectivity index (χ3v) is 10.8. The summed E-state index contributed by atoms with van der Waals surface area (Å²) >= 11 is 0. The normalized spacial score (nSPS) is 11.8. The lowest BCUT2D eigenvalue weighted by molar-refractivity contribution is -0.941. The zero-order valence-electron chi connectivity index (χ0n) is 33.6. The largest absolute Gasteiger partial charge is 1.00 e. The van der Waals surface area contributed by atoms with Gasteiger partial charge in [0.2, 0.25) is 0 Å². The number of hydrogen-bond acceptors (Lipinski definition) is 0. The van der Waals surface area contributed by atoms with Gasteiger partial charge in [-0.15, -0.1) is 0 Å². The van der Waals surface area contributed by atoms with E-state index in [0.29, 0.717) is 0 Å². The van der Waals surface area contributed by atoms with E-state index in [9.17, 15) is 0 Å². The van der Waals surface area contributed by atoms with Crippen LogP contribution in [0.1, 0.15) is 207 Å². The molecule has 0 atom stereocenters. The highest BCUT2D eigenvalue weighted by atomic mass is 35.5. The van der Waals surface area contributed by atoms with Crippen LogP contribution < -0.4 is 24.8 Å². The van der Waals surface area contributed by atoms with Gasteiger partial charge < -0.3 is 33.8 Å². The summed E-state index contributed by atoms with van der Waals surface area (Å²) < 4.78 is 2.60. The fourth-order valence-corrected chi connectivity index (χ4v) is 8.44. The molecule has 0 aliphatic heterocycles. The van der Waals surface area contributed by atoms with Crippen LogP contribution >= 0.6 is 0 Å². The number of quaternary nitrogens is 2. The number of hydrogen-bond donors (Lipinski definition) is 0. The molecule has 0 unspecified atom stereocenters. The number of unbranched alkanes of at least 4 members (excludes halogenated alkanes) is 18. The van der Waals surface area contributed by atoms with E-state index in [-0.39, 0.29) is 24.8 Å². The Morgan fingerprint density at radius 1 is 0.292 bits per heavy atom. The summed E-state index contributed by atoms with van der Waals surface area (Å²) in [5, 5.41) is 0. The van der Waals surface area contributed by atoms with Crippen molar-refractivity contribution in [3.05, 3.63) is 35.4 Å². The minimum atomic E-state index is 0. The molecule has 0 N–H and O–H groups in total. The molecule has 0 radical (unpaired) electrons. The first-order valence-corrected chi connectivity index (χ1v) is 21.3. The number of benzene rings is 1. The molecule has 0 spiro atoms. The topological polar surface area (TPSA) is 0 Å². The Balaban J connectivity index is 0. The van der Waals surface area contributed by atoms with Crippen LogP contribution in [0.3, 0.4) is 0 Å². The van der Waals surface area contributed by atoms with E-state index in [0.717, 1.165) is 0 Å². The van der Waals surface area contributed by atoms with Crippen LogP contribution in [0.5, 0.6) is 0 Å². The molecule has 0 heterocycles. The molecule has 0 saturated heterocycles. The molecule has 0 fully saturated rings. The van der Waals surface area contributed by atoms with Crippen LogP contribution in [-0.2, 0) is 13.1 Å². The number of nitrogens with zero attached hydrogens (tertiary/aromatic N) is 2. The zero-order valence-corrected chi connectivity index (χ0v) is 35.1. The number of halogens is 2. The Morgan fingerprint density at radius 3 is 0.750 bits per heavy atom. The van der Waals surface area contributed by atoms with Gasteiger partial charge in [-0.3, -0.25) is 0 Å². The summed E-state index contributed by atoms with van der Waals surface area (Å²) in [6.07, 6.45) is 33.8. The van der Waals surface area contributed by atoms with Gasteiger partial charge in [-0.05, 0) is 51.4 Å². The Morgan fingerprint density at radius 2 is 0.521 bits per heavy atom. The third-order valence-electron chi connectivity index (χ3n) is 10.8. The molecule has 0 saturated carbocycles. The summed E-state index contributed by atoms with van der Waals surface area (Å²) in [6.45, 7) is 24.7. The Kier molecular flexibility index (Phi) is 35.1. The minimum absolute atomic E-state index is 0. The Bertz CT molecular complexity index is 704. The highest BCUT2D eigenvalue weighted by Gasteiger charge is 2.27. The molecule has 0 bridgehead atoms. The van der Waals surface area contributed by atoms with Gasteiger partial charge in [0.15, 0.2) is 0 Å². The van der Waals surface area contributed by atoms with Gasteiger partial charge >= 0.3 is 0 Å². The first-order valence-electron chi connectivity index (χ1n) is 21.3. The molecule has 286 valence electrons. The van der Waals surface area contributed by atoms with Crippen LogP contribution in [0, 0.1) is 0 Å². The minimum Gasteiger partial charge on any atom is -1.00 e. The van der Waals surface area contributed by atoms with E-state index in [2.05, 4.69) is 65.8 Å². The van der Waals surface area contributed by atoms with Crippen molar-refractivity contribution in [2.24, 2.45) is 0 Å². The SMILES string of the molecule is CCCCCCCCCCCC[N+](CCC)(CCC)Cc1ccc(C[N+](CCC)(CCC)CCCCCCCCCCCC)cc1.[Cl-].[Cl-]. The summed E-state index contributed by atoms with van der Waals surface area (Å²) in [5.74, 6) is 0. The van der Waals surface area contributed by atoms with E-state index < -0.39 is 0 Å². The van der Waals surface area contributed by atoms with E-state index >= 15 is 0 Å². The predicted octanol–water partition coefficient (Wildman–Crippen LogP) is 7.81. The van der Waals surface area contributed by atoms with Crippen molar-refractivity contribution in [2.75, 3.05) is 39.3 Å². The molecule has 1 rings (SSSR count). The molecular weight excluding hydrogens is 627 g/mol. The second kappa shape index (κ2) is 33.8. The molecule has 4 heteroatoms. The fourth-order valence-electron chi connectivity index (χ4n) is 8.44. The molecular formula is C44H86Cl2N2. The first-order chi connectivity index (χ1) is 22.5. The van der Waals surface area contributed by atoms with Crippen molar-refractivity contribution < 1.29 is 33.8 Å².